The van der Waals surface area contributed by atoms with Gasteiger partial charge >= 0.3 is 0 Å². The lowest BCUT2D eigenvalue weighted by atomic mass is 10.0. The molecule has 2 aromatic rings. The Morgan fingerprint density at radius 2 is 1.40 bits per heavy atom. The SMILES string of the molecule is Cc1c(Cl)cccc1NC(=O)C1(C(=O)Nc2c(Cl)cccc2Cl)CC1. The second-order valence-electron chi connectivity index (χ2n) is 6.00. The summed E-state index contributed by atoms with van der Waals surface area (Å²) >= 11 is 18.2. The maximum Gasteiger partial charge on any atom is 0.240 e. The van der Waals surface area contributed by atoms with Crippen molar-refractivity contribution in [3.63, 3.8) is 0 Å². The van der Waals surface area contributed by atoms with Crippen molar-refractivity contribution >= 4 is 58.0 Å². The number of hydrogen-bond donors (Lipinski definition) is 2. The summed E-state index contributed by atoms with van der Waals surface area (Å²) in [6, 6.07) is 10.2. The molecule has 0 spiro atoms. The van der Waals surface area contributed by atoms with Crippen LogP contribution in [-0.4, -0.2) is 11.8 Å². The molecule has 1 aliphatic rings. The number of rotatable bonds is 4. The van der Waals surface area contributed by atoms with Crippen molar-refractivity contribution in [3.05, 3.63) is 57.0 Å². The van der Waals surface area contributed by atoms with E-state index in [4.69, 9.17) is 34.8 Å². The lowest BCUT2D eigenvalue weighted by molar-refractivity contribution is -0.131. The molecule has 2 amide bonds. The molecule has 2 N–H and O–H groups in total. The van der Waals surface area contributed by atoms with Gasteiger partial charge in [-0.15, -0.1) is 0 Å². The Balaban J connectivity index is 1.78. The van der Waals surface area contributed by atoms with Gasteiger partial charge in [-0.2, -0.15) is 0 Å². The third-order valence-corrected chi connectivity index (χ3v) is 5.38. The molecule has 0 aromatic heterocycles. The minimum absolute atomic E-state index is 0.314. The molecule has 0 saturated heterocycles. The third-order valence-electron chi connectivity index (χ3n) is 4.34. The maximum atomic E-state index is 12.7. The number of hydrogen-bond acceptors (Lipinski definition) is 2. The van der Waals surface area contributed by atoms with Crippen LogP contribution in [0.1, 0.15) is 18.4 Å². The molecular formula is C18H15Cl3N2O2. The lowest BCUT2D eigenvalue weighted by Gasteiger charge is -2.17. The first-order valence-electron chi connectivity index (χ1n) is 7.67. The average molecular weight is 398 g/mol. The van der Waals surface area contributed by atoms with Crippen LogP contribution < -0.4 is 10.6 Å². The summed E-state index contributed by atoms with van der Waals surface area (Å²) < 4.78 is 0. The molecule has 0 unspecified atom stereocenters. The van der Waals surface area contributed by atoms with E-state index in [1.165, 1.54) is 0 Å². The van der Waals surface area contributed by atoms with Crippen LogP contribution in [0.3, 0.4) is 0 Å². The Labute approximate surface area is 160 Å². The van der Waals surface area contributed by atoms with E-state index in [-0.39, 0.29) is 5.91 Å². The number of carbonyl (C=O) groups is 2. The summed E-state index contributed by atoms with van der Waals surface area (Å²) in [7, 11) is 0. The molecule has 0 bridgehead atoms. The molecule has 0 heterocycles. The van der Waals surface area contributed by atoms with E-state index >= 15 is 0 Å². The molecule has 0 aliphatic heterocycles. The van der Waals surface area contributed by atoms with Gasteiger partial charge in [-0.3, -0.25) is 9.59 Å². The highest BCUT2D eigenvalue weighted by Crippen LogP contribution is 2.48. The molecule has 1 fully saturated rings. The van der Waals surface area contributed by atoms with Crippen LogP contribution in [0.2, 0.25) is 15.1 Å². The molecule has 130 valence electrons. The van der Waals surface area contributed by atoms with Crippen molar-refractivity contribution < 1.29 is 9.59 Å². The zero-order chi connectivity index (χ0) is 18.2. The Kier molecular flexibility index (Phi) is 4.96. The molecular weight excluding hydrogens is 383 g/mol. The predicted molar refractivity (Wildman–Crippen MR) is 102 cm³/mol. The van der Waals surface area contributed by atoms with Gasteiger partial charge in [-0.25, -0.2) is 0 Å². The summed E-state index contributed by atoms with van der Waals surface area (Å²) in [6.07, 6.45) is 0.929. The first kappa shape index (κ1) is 18.1. The molecule has 25 heavy (non-hydrogen) atoms. The largest absolute Gasteiger partial charge is 0.325 e. The average Bonchev–Trinajstić information content (AvgIpc) is 3.37. The molecule has 2 aromatic carbocycles. The molecule has 0 atom stereocenters. The highest BCUT2D eigenvalue weighted by molar-refractivity contribution is 6.40. The number of benzene rings is 2. The molecule has 1 aliphatic carbocycles. The molecule has 4 nitrogen and oxygen atoms in total. The van der Waals surface area contributed by atoms with Gasteiger partial charge in [0, 0.05) is 10.7 Å². The minimum Gasteiger partial charge on any atom is -0.325 e. The van der Waals surface area contributed by atoms with E-state index in [2.05, 4.69) is 10.6 Å². The van der Waals surface area contributed by atoms with Crippen LogP contribution >= 0.6 is 34.8 Å². The van der Waals surface area contributed by atoms with E-state index in [0.717, 1.165) is 5.56 Å². The van der Waals surface area contributed by atoms with Crippen LogP contribution in [0.15, 0.2) is 36.4 Å². The highest BCUT2D eigenvalue weighted by atomic mass is 35.5. The van der Waals surface area contributed by atoms with Gasteiger partial charge in [0.05, 0.1) is 15.7 Å². The van der Waals surface area contributed by atoms with Crippen LogP contribution in [0.4, 0.5) is 11.4 Å². The fourth-order valence-electron chi connectivity index (χ4n) is 2.52. The monoisotopic (exact) mass is 396 g/mol. The van der Waals surface area contributed by atoms with E-state index in [0.29, 0.717) is 39.3 Å². The van der Waals surface area contributed by atoms with Crippen molar-refractivity contribution in [2.75, 3.05) is 10.6 Å². The fraction of sp³-hybridized carbons (Fsp3) is 0.222. The van der Waals surface area contributed by atoms with Crippen molar-refractivity contribution in [1.82, 2.24) is 0 Å². The molecule has 1 saturated carbocycles. The number of anilines is 2. The van der Waals surface area contributed by atoms with E-state index in [1.54, 1.807) is 43.3 Å². The number of carbonyl (C=O) groups excluding carboxylic acids is 2. The lowest BCUT2D eigenvalue weighted by Crippen LogP contribution is -2.36. The second kappa shape index (κ2) is 6.87. The number of amides is 2. The Morgan fingerprint density at radius 3 is 2.00 bits per heavy atom. The summed E-state index contributed by atoms with van der Waals surface area (Å²) in [5, 5.41) is 6.68. The van der Waals surface area contributed by atoms with Crippen molar-refractivity contribution in [3.8, 4) is 0 Å². The van der Waals surface area contributed by atoms with Crippen molar-refractivity contribution in [2.45, 2.75) is 19.8 Å². The zero-order valence-corrected chi connectivity index (χ0v) is 15.6. The van der Waals surface area contributed by atoms with Crippen molar-refractivity contribution in [1.29, 1.82) is 0 Å². The van der Waals surface area contributed by atoms with E-state index < -0.39 is 11.3 Å². The highest BCUT2D eigenvalue weighted by Gasteiger charge is 2.56. The molecule has 0 radical (unpaired) electrons. The Bertz CT molecular complexity index is 843. The quantitative estimate of drug-likeness (QED) is 0.687. The summed E-state index contributed by atoms with van der Waals surface area (Å²) in [5.41, 5.74) is 0.543. The molecule has 3 rings (SSSR count). The predicted octanol–water partition coefficient (Wildman–Crippen LogP) is 5.31. The minimum atomic E-state index is -1.11. The Morgan fingerprint density at radius 1 is 0.880 bits per heavy atom. The summed E-state index contributed by atoms with van der Waals surface area (Å²) in [4.78, 5) is 25.4. The van der Waals surface area contributed by atoms with Gasteiger partial charge in [0.1, 0.15) is 5.41 Å². The first-order valence-corrected chi connectivity index (χ1v) is 8.80. The number of para-hydroxylation sites is 1. The summed E-state index contributed by atoms with van der Waals surface area (Å²) in [5.74, 6) is -0.779. The number of halogens is 3. The van der Waals surface area contributed by atoms with Gasteiger partial charge in [-0.1, -0.05) is 46.9 Å². The summed E-state index contributed by atoms with van der Waals surface area (Å²) in [6.45, 7) is 1.81. The van der Waals surface area contributed by atoms with Gasteiger partial charge in [0.15, 0.2) is 0 Å². The van der Waals surface area contributed by atoms with E-state index in [1.807, 2.05) is 0 Å². The third kappa shape index (κ3) is 3.47. The normalized spacial score (nSPS) is 14.7. The number of nitrogens with one attached hydrogen (secondary N) is 2. The second-order valence-corrected chi connectivity index (χ2v) is 7.22. The van der Waals surface area contributed by atoms with Crippen LogP contribution in [0.25, 0.3) is 0 Å². The van der Waals surface area contributed by atoms with Gasteiger partial charge in [-0.05, 0) is 49.6 Å². The van der Waals surface area contributed by atoms with Gasteiger partial charge < -0.3 is 10.6 Å². The van der Waals surface area contributed by atoms with Gasteiger partial charge in [0.2, 0.25) is 11.8 Å². The Hall–Kier alpha value is -1.75. The van der Waals surface area contributed by atoms with Gasteiger partial charge in [0.25, 0.3) is 0 Å². The van der Waals surface area contributed by atoms with E-state index in [9.17, 15) is 9.59 Å². The zero-order valence-electron chi connectivity index (χ0n) is 13.3. The fourth-order valence-corrected chi connectivity index (χ4v) is 3.18. The smallest absolute Gasteiger partial charge is 0.240 e. The topological polar surface area (TPSA) is 58.2 Å². The first-order chi connectivity index (χ1) is 11.8. The van der Waals surface area contributed by atoms with Crippen LogP contribution in [0.5, 0.6) is 0 Å². The van der Waals surface area contributed by atoms with Crippen molar-refractivity contribution in [2.24, 2.45) is 5.41 Å². The van der Waals surface area contributed by atoms with Crippen LogP contribution in [-0.2, 0) is 9.59 Å². The standard InChI is InChI=1S/C18H15Cl3N2O2/c1-10-11(19)4-3-7-14(10)22-16(24)18(8-9-18)17(25)23-15-12(20)5-2-6-13(15)21/h2-7H,8-9H2,1H3,(H,22,24)(H,23,25). The molecule has 7 heteroatoms. The van der Waals surface area contributed by atoms with Crippen LogP contribution in [0, 0.1) is 12.3 Å². The maximum absolute atomic E-state index is 12.7.